The van der Waals surface area contributed by atoms with Crippen molar-refractivity contribution in [3.05, 3.63) is 102 Å². The zero-order valence-electron chi connectivity index (χ0n) is 24.9. The summed E-state index contributed by atoms with van der Waals surface area (Å²) < 4.78 is 5.84. The van der Waals surface area contributed by atoms with Crippen LogP contribution in [-0.4, -0.2) is 48.9 Å². The minimum Gasteiger partial charge on any atom is -0.489 e. The first kappa shape index (κ1) is 33.6. The summed E-state index contributed by atoms with van der Waals surface area (Å²) in [7, 11) is 0. The zero-order chi connectivity index (χ0) is 31.6. The standard InChI is InChI=1S/C33H43N7O4/c34-20-8-7-14-28(31(42)38-22-24-16-18-27(19-17-24)44-23-25-10-3-1-4-11-25)40-32(43)29(15-9-21-37-33(35)36)39-30(41)26-12-5-2-6-13-26/h1-6,10-13,16-19,28-29H,7-9,14-15,20-23,34H2,(H,38,42)(H,39,41)(H,40,43)(H4,35,36,37)/t28-,29-/m0/s1. The summed E-state index contributed by atoms with van der Waals surface area (Å²) in [5.74, 6) is -0.516. The van der Waals surface area contributed by atoms with Gasteiger partial charge >= 0.3 is 0 Å². The summed E-state index contributed by atoms with van der Waals surface area (Å²) in [6.07, 6.45) is 2.47. The number of hydrogen-bond acceptors (Lipinski definition) is 6. The van der Waals surface area contributed by atoms with Crippen LogP contribution in [0.4, 0.5) is 0 Å². The summed E-state index contributed by atoms with van der Waals surface area (Å²) in [4.78, 5) is 43.5. The average molecular weight is 602 g/mol. The van der Waals surface area contributed by atoms with E-state index in [-0.39, 0.29) is 24.8 Å². The smallest absolute Gasteiger partial charge is 0.251 e. The van der Waals surface area contributed by atoms with Crippen LogP contribution in [0.25, 0.3) is 0 Å². The van der Waals surface area contributed by atoms with Gasteiger partial charge in [-0.15, -0.1) is 0 Å². The lowest BCUT2D eigenvalue weighted by atomic mass is 10.1. The van der Waals surface area contributed by atoms with Crippen LogP contribution in [0.5, 0.6) is 5.75 Å². The molecule has 234 valence electrons. The molecule has 0 heterocycles. The van der Waals surface area contributed by atoms with Crippen LogP contribution in [-0.2, 0) is 22.7 Å². The highest BCUT2D eigenvalue weighted by molar-refractivity contribution is 5.98. The minimum atomic E-state index is -0.898. The van der Waals surface area contributed by atoms with Crippen molar-refractivity contribution >= 4 is 23.7 Å². The lowest BCUT2D eigenvalue weighted by Gasteiger charge is -2.23. The van der Waals surface area contributed by atoms with Crippen molar-refractivity contribution in [2.24, 2.45) is 22.2 Å². The number of rotatable bonds is 18. The normalized spacial score (nSPS) is 11.9. The number of unbranched alkanes of at least 4 members (excludes halogenated alkanes) is 1. The van der Waals surface area contributed by atoms with Crippen LogP contribution in [0.1, 0.15) is 53.6 Å². The number of amides is 3. The monoisotopic (exact) mass is 601 g/mol. The fourth-order valence-corrected chi connectivity index (χ4v) is 4.39. The van der Waals surface area contributed by atoms with E-state index in [0.717, 1.165) is 16.9 Å². The predicted octanol–water partition coefficient (Wildman–Crippen LogP) is 2.35. The number of hydrogen-bond donors (Lipinski definition) is 6. The molecule has 0 spiro atoms. The van der Waals surface area contributed by atoms with E-state index in [1.165, 1.54) is 0 Å². The van der Waals surface area contributed by atoms with Gasteiger partial charge in [0.05, 0.1) is 0 Å². The number of benzene rings is 3. The molecule has 44 heavy (non-hydrogen) atoms. The number of carbonyl (C=O) groups excluding carboxylic acids is 3. The maximum atomic E-state index is 13.4. The van der Waals surface area contributed by atoms with E-state index in [4.69, 9.17) is 21.9 Å². The Bertz CT molecular complexity index is 1330. The van der Waals surface area contributed by atoms with Gasteiger partial charge in [-0.25, -0.2) is 0 Å². The molecule has 0 aliphatic rings. The molecule has 3 aromatic rings. The number of nitrogens with one attached hydrogen (secondary N) is 3. The lowest BCUT2D eigenvalue weighted by molar-refractivity contribution is -0.130. The number of guanidine groups is 1. The van der Waals surface area contributed by atoms with Gasteiger partial charge in [0.1, 0.15) is 24.4 Å². The molecule has 11 heteroatoms. The highest BCUT2D eigenvalue weighted by Gasteiger charge is 2.26. The van der Waals surface area contributed by atoms with Crippen LogP contribution in [0.2, 0.25) is 0 Å². The molecule has 0 aliphatic heterocycles. The Morgan fingerprint density at radius 1 is 0.727 bits per heavy atom. The second-order valence-corrected chi connectivity index (χ2v) is 10.3. The van der Waals surface area contributed by atoms with E-state index in [1.807, 2.05) is 54.6 Å². The Labute approximate surface area is 258 Å². The van der Waals surface area contributed by atoms with E-state index < -0.39 is 23.9 Å². The predicted molar refractivity (Wildman–Crippen MR) is 172 cm³/mol. The van der Waals surface area contributed by atoms with Crippen LogP contribution < -0.4 is 37.9 Å². The van der Waals surface area contributed by atoms with Gasteiger partial charge in [-0.2, -0.15) is 0 Å². The fraction of sp³-hybridized carbons (Fsp3) is 0.333. The van der Waals surface area contributed by atoms with Crippen LogP contribution >= 0.6 is 0 Å². The van der Waals surface area contributed by atoms with Crippen molar-refractivity contribution in [1.82, 2.24) is 16.0 Å². The quantitative estimate of drug-likeness (QED) is 0.0733. The molecule has 9 N–H and O–H groups in total. The van der Waals surface area contributed by atoms with Crippen LogP contribution in [0, 0.1) is 0 Å². The third-order valence-corrected chi connectivity index (χ3v) is 6.82. The number of ether oxygens (including phenoxy) is 1. The maximum Gasteiger partial charge on any atom is 0.251 e. The van der Waals surface area contributed by atoms with Gasteiger partial charge in [-0.3, -0.25) is 19.4 Å². The molecule has 0 saturated heterocycles. The number of carbonyl (C=O) groups is 3. The van der Waals surface area contributed by atoms with E-state index >= 15 is 0 Å². The highest BCUT2D eigenvalue weighted by Crippen LogP contribution is 2.15. The topological polar surface area (TPSA) is 187 Å². The minimum absolute atomic E-state index is 0.0506. The first-order valence-corrected chi connectivity index (χ1v) is 14.8. The Hall–Kier alpha value is -4.90. The number of nitrogens with two attached hydrogens (primary N) is 3. The van der Waals surface area contributed by atoms with Crippen molar-refractivity contribution in [3.63, 3.8) is 0 Å². The first-order chi connectivity index (χ1) is 21.4. The van der Waals surface area contributed by atoms with Gasteiger partial charge in [0.2, 0.25) is 11.8 Å². The van der Waals surface area contributed by atoms with E-state index in [1.54, 1.807) is 30.3 Å². The molecule has 0 aliphatic carbocycles. The van der Waals surface area contributed by atoms with Gasteiger partial charge in [-0.05, 0) is 74.0 Å². The van der Waals surface area contributed by atoms with Crippen molar-refractivity contribution in [2.45, 2.75) is 57.3 Å². The zero-order valence-corrected chi connectivity index (χ0v) is 24.9. The Balaban J connectivity index is 1.61. The Morgan fingerprint density at radius 3 is 2.02 bits per heavy atom. The second-order valence-electron chi connectivity index (χ2n) is 10.3. The average Bonchev–Trinajstić information content (AvgIpc) is 3.04. The van der Waals surface area contributed by atoms with E-state index in [2.05, 4.69) is 20.9 Å². The first-order valence-electron chi connectivity index (χ1n) is 14.8. The summed E-state index contributed by atoms with van der Waals surface area (Å²) in [5.41, 5.74) is 18.9. The van der Waals surface area contributed by atoms with Gasteiger partial charge in [0.15, 0.2) is 5.96 Å². The largest absolute Gasteiger partial charge is 0.489 e. The van der Waals surface area contributed by atoms with Gasteiger partial charge in [0, 0.05) is 18.7 Å². The molecular weight excluding hydrogens is 558 g/mol. The molecule has 0 fully saturated rings. The SMILES string of the molecule is NCCCC[C@H](NC(=O)[C@H](CCCN=C(N)N)NC(=O)c1ccccc1)C(=O)NCc1ccc(OCc2ccccc2)cc1. The van der Waals surface area contributed by atoms with Gasteiger partial charge in [0.25, 0.3) is 5.91 Å². The van der Waals surface area contributed by atoms with Gasteiger partial charge < -0.3 is 37.9 Å². The third-order valence-electron chi connectivity index (χ3n) is 6.82. The number of nitrogens with zero attached hydrogens (tertiary/aromatic N) is 1. The van der Waals surface area contributed by atoms with Crippen LogP contribution in [0.3, 0.4) is 0 Å². The molecule has 0 radical (unpaired) electrons. The lowest BCUT2D eigenvalue weighted by Crippen LogP contribution is -2.53. The Kier molecular flexibility index (Phi) is 14.2. The van der Waals surface area contributed by atoms with Gasteiger partial charge in [-0.1, -0.05) is 60.7 Å². The van der Waals surface area contributed by atoms with E-state index in [9.17, 15) is 14.4 Å². The fourth-order valence-electron chi connectivity index (χ4n) is 4.39. The van der Waals surface area contributed by atoms with Crippen LogP contribution in [0.15, 0.2) is 89.9 Å². The number of aliphatic imine (C=N–C) groups is 1. The molecule has 3 amide bonds. The van der Waals surface area contributed by atoms with Crippen molar-refractivity contribution in [1.29, 1.82) is 0 Å². The van der Waals surface area contributed by atoms with Crippen molar-refractivity contribution in [3.8, 4) is 5.75 Å². The summed E-state index contributed by atoms with van der Waals surface area (Å²) in [5, 5.41) is 8.56. The molecule has 0 aromatic heterocycles. The Morgan fingerprint density at radius 2 is 1.36 bits per heavy atom. The highest BCUT2D eigenvalue weighted by atomic mass is 16.5. The molecule has 0 saturated carbocycles. The molecular formula is C33H43N7O4. The molecule has 0 unspecified atom stereocenters. The molecule has 0 bridgehead atoms. The summed E-state index contributed by atoms with van der Waals surface area (Å²) in [6.45, 7) is 1.50. The molecule has 3 aromatic carbocycles. The maximum absolute atomic E-state index is 13.4. The summed E-state index contributed by atoms with van der Waals surface area (Å²) in [6, 6.07) is 24.3. The molecule has 11 nitrogen and oxygen atoms in total. The summed E-state index contributed by atoms with van der Waals surface area (Å²) >= 11 is 0. The van der Waals surface area contributed by atoms with Crippen molar-refractivity contribution < 1.29 is 19.1 Å². The third kappa shape index (κ3) is 12.1. The van der Waals surface area contributed by atoms with Crippen molar-refractivity contribution in [2.75, 3.05) is 13.1 Å². The van der Waals surface area contributed by atoms with E-state index in [0.29, 0.717) is 50.9 Å². The molecule has 3 rings (SSSR count). The molecule has 2 atom stereocenters. The second kappa shape index (κ2) is 18.6.